The number of hydrogen-bond donors (Lipinski definition) is 1. The molecule has 3 rings (SSSR count). The summed E-state index contributed by atoms with van der Waals surface area (Å²) in [7, 11) is 1.64. The highest BCUT2D eigenvalue weighted by molar-refractivity contribution is 7.14. The summed E-state index contributed by atoms with van der Waals surface area (Å²) in [5, 5.41) is 7.78. The van der Waals surface area contributed by atoms with Crippen molar-refractivity contribution < 1.29 is 9.26 Å². The predicted molar refractivity (Wildman–Crippen MR) is 74.1 cm³/mol. The van der Waals surface area contributed by atoms with Crippen LogP contribution in [0.4, 0.5) is 5.82 Å². The van der Waals surface area contributed by atoms with Crippen molar-refractivity contribution in [3.8, 4) is 26.8 Å². The van der Waals surface area contributed by atoms with Crippen molar-refractivity contribution in [1.29, 1.82) is 0 Å². The predicted octanol–water partition coefficient (Wildman–Crippen LogP) is 3.72. The molecule has 0 aromatic carbocycles. The van der Waals surface area contributed by atoms with Crippen LogP contribution in [0.2, 0.25) is 0 Å². The topological polar surface area (TPSA) is 61.3 Å². The maximum absolute atomic E-state index is 5.88. The van der Waals surface area contributed by atoms with Gasteiger partial charge in [0.1, 0.15) is 5.75 Å². The number of nitrogens with two attached hydrogens (primary N) is 1. The van der Waals surface area contributed by atoms with Gasteiger partial charge < -0.3 is 15.0 Å². The third kappa shape index (κ3) is 1.79. The molecule has 3 heterocycles. The number of thiophene rings is 2. The number of methoxy groups -OCH3 is 1. The number of ether oxygens (including phenoxy) is 1. The normalized spacial score (nSPS) is 10.7. The monoisotopic (exact) mass is 278 g/mol. The van der Waals surface area contributed by atoms with Gasteiger partial charge in [0.2, 0.25) is 0 Å². The second-order valence-electron chi connectivity index (χ2n) is 3.60. The van der Waals surface area contributed by atoms with Gasteiger partial charge in [0.05, 0.1) is 17.6 Å². The van der Waals surface area contributed by atoms with E-state index in [2.05, 4.69) is 5.16 Å². The number of anilines is 1. The fourth-order valence-corrected chi connectivity index (χ4v) is 3.29. The SMILES string of the molecule is COc1csc(-c2onc(N)c2-c2cccs2)c1. The van der Waals surface area contributed by atoms with Gasteiger partial charge in [-0.2, -0.15) is 0 Å². The first kappa shape index (κ1) is 11.3. The number of aromatic nitrogens is 1. The van der Waals surface area contributed by atoms with E-state index in [1.807, 2.05) is 29.0 Å². The molecule has 0 aliphatic carbocycles. The summed E-state index contributed by atoms with van der Waals surface area (Å²) >= 11 is 3.15. The molecular formula is C12H10N2O2S2. The van der Waals surface area contributed by atoms with Crippen LogP contribution >= 0.6 is 22.7 Å². The van der Waals surface area contributed by atoms with Crippen molar-refractivity contribution in [2.24, 2.45) is 0 Å². The molecule has 0 fully saturated rings. The van der Waals surface area contributed by atoms with E-state index < -0.39 is 0 Å². The van der Waals surface area contributed by atoms with Crippen LogP contribution in [0.3, 0.4) is 0 Å². The molecule has 0 unspecified atom stereocenters. The van der Waals surface area contributed by atoms with E-state index in [9.17, 15) is 0 Å². The molecule has 0 radical (unpaired) electrons. The summed E-state index contributed by atoms with van der Waals surface area (Å²) in [4.78, 5) is 2.01. The van der Waals surface area contributed by atoms with Crippen molar-refractivity contribution in [3.05, 3.63) is 29.0 Å². The third-order valence-electron chi connectivity index (χ3n) is 2.52. The lowest BCUT2D eigenvalue weighted by molar-refractivity contribution is 0.416. The molecule has 18 heavy (non-hydrogen) atoms. The largest absolute Gasteiger partial charge is 0.496 e. The average molecular weight is 278 g/mol. The maximum atomic E-state index is 5.88. The lowest BCUT2D eigenvalue weighted by Crippen LogP contribution is -1.86. The van der Waals surface area contributed by atoms with E-state index in [1.165, 1.54) is 0 Å². The zero-order chi connectivity index (χ0) is 12.5. The number of hydrogen-bond acceptors (Lipinski definition) is 6. The highest BCUT2D eigenvalue weighted by Crippen LogP contribution is 2.41. The molecule has 92 valence electrons. The van der Waals surface area contributed by atoms with E-state index in [1.54, 1.807) is 29.8 Å². The van der Waals surface area contributed by atoms with Gasteiger partial charge in [0.15, 0.2) is 11.6 Å². The van der Waals surface area contributed by atoms with E-state index in [-0.39, 0.29) is 0 Å². The van der Waals surface area contributed by atoms with Gasteiger partial charge >= 0.3 is 0 Å². The van der Waals surface area contributed by atoms with Crippen molar-refractivity contribution in [2.45, 2.75) is 0 Å². The minimum absolute atomic E-state index is 0.416. The molecule has 3 aromatic heterocycles. The first-order valence-corrected chi connectivity index (χ1v) is 6.97. The Hall–Kier alpha value is -1.79. The van der Waals surface area contributed by atoms with Crippen LogP contribution < -0.4 is 10.5 Å². The van der Waals surface area contributed by atoms with Crippen LogP contribution in [0.1, 0.15) is 0 Å². The summed E-state index contributed by atoms with van der Waals surface area (Å²) in [6.45, 7) is 0. The zero-order valence-corrected chi connectivity index (χ0v) is 11.2. The molecule has 0 aliphatic heterocycles. The van der Waals surface area contributed by atoms with Gasteiger partial charge in [-0.3, -0.25) is 0 Å². The quantitative estimate of drug-likeness (QED) is 0.793. The summed E-state index contributed by atoms with van der Waals surface area (Å²) in [5.41, 5.74) is 6.74. The maximum Gasteiger partial charge on any atom is 0.187 e. The molecule has 0 saturated carbocycles. The second kappa shape index (κ2) is 4.47. The van der Waals surface area contributed by atoms with Crippen LogP contribution in [-0.2, 0) is 0 Å². The fourth-order valence-electron chi connectivity index (χ4n) is 1.67. The molecule has 3 aromatic rings. The van der Waals surface area contributed by atoms with Gasteiger partial charge in [-0.1, -0.05) is 11.2 Å². The molecule has 0 atom stereocenters. The third-order valence-corrected chi connectivity index (χ3v) is 4.32. The smallest absolute Gasteiger partial charge is 0.187 e. The first-order chi connectivity index (χ1) is 8.79. The second-order valence-corrected chi connectivity index (χ2v) is 5.46. The minimum Gasteiger partial charge on any atom is -0.496 e. The molecule has 4 nitrogen and oxygen atoms in total. The highest BCUT2D eigenvalue weighted by Gasteiger charge is 2.19. The summed E-state index contributed by atoms with van der Waals surface area (Å²) in [6.07, 6.45) is 0. The van der Waals surface area contributed by atoms with Crippen LogP contribution in [-0.4, -0.2) is 12.3 Å². The van der Waals surface area contributed by atoms with Crippen LogP contribution in [0.15, 0.2) is 33.5 Å². The first-order valence-electron chi connectivity index (χ1n) is 5.21. The fraction of sp³-hybridized carbons (Fsp3) is 0.0833. The average Bonchev–Trinajstić information content (AvgIpc) is 3.07. The van der Waals surface area contributed by atoms with Gasteiger partial charge in [-0.25, -0.2) is 0 Å². The van der Waals surface area contributed by atoms with E-state index in [4.69, 9.17) is 15.0 Å². The molecule has 2 N–H and O–H groups in total. The van der Waals surface area contributed by atoms with Gasteiger partial charge in [-0.05, 0) is 11.4 Å². The van der Waals surface area contributed by atoms with E-state index in [0.717, 1.165) is 21.1 Å². The van der Waals surface area contributed by atoms with Crippen LogP contribution in [0.25, 0.3) is 21.1 Å². The number of nitrogens with zero attached hydrogens (tertiary/aromatic N) is 1. The zero-order valence-electron chi connectivity index (χ0n) is 9.54. The van der Waals surface area contributed by atoms with Gasteiger partial charge in [-0.15, -0.1) is 22.7 Å². The molecule has 0 saturated heterocycles. The molecule has 0 bridgehead atoms. The van der Waals surface area contributed by atoms with Crippen molar-refractivity contribution in [2.75, 3.05) is 12.8 Å². The molecule has 0 amide bonds. The minimum atomic E-state index is 0.416. The molecule has 0 spiro atoms. The van der Waals surface area contributed by atoms with Crippen molar-refractivity contribution in [1.82, 2.24) is 5.16 Å². The number of rotatable bonds is 3. The van der Waals surface area contributed by atoms with Gasteiger partial charge in [0, 0.05) is 16.3 Å². The molecule has 0 aliphatic rings. The molecule has 6 heteroatoms. The molecular weight excluding hydrogens is 268 g/mol. The Morgan fingerprint density at radius 3 is 2.89 bits per heavy atom. The Morgan fingerprint density at radius 1 is 1.33 bits per heavy atom. The Kier molecular flexibility index (Phi) is 2.81. The van der Waals surface area contributed by atoms with Crippen molar-refractivity contribution >= 4 is 28.5 Å². The Balaban J connectivity index is 2.13. The van der Waals surface area contributed by atoms with Crippen LogP contribution in [0, 0.1) is 0 Å². The summed E-state index contributed by atoms with van der Waals surface area (Å²) in [6, 6.07) is 5.90. The Bertz CT molecular complexity index is 655. The van der Waals surface area contributed by atoms with Crippen molar-refractivity contribution in [3.63, 3.8) is 0 Å². The Morgan fingerprint density at radius 2 is 2.22 bits per heavy atom. The number of nitrogen functional groups attached to an aromatic ring is 1. The van der Waals surface area contributed by atoms with Gasteiger partial charge in [0.25, 0.3) is 0 Å². The lowest BCUT2D eigenvalue weighted by atomic mass is 10.2. The van der Waals surface area contributed by atoms with Crippen LogP contribution in [0.5, 0.6) is 5.75 Å². The standard InChI is InChI=1S/C12H10N2O2S2/c1-15-7-5-9(18-6-7)11-10(12(13)14-16-11)8-3-2-4-17-8/h2-6H,1H3,(H2,13,14). The van der Waals surface area contributed by atoms with E-state index >= 15 is 0 Å². The Labute approximate surface area is 112 Å². The summed E-state index contributed by atoms with van der Waals surface area (Å²) in [5.74, 6) is 1.92. The lowest BCUT2D eigenvalue weighted by Gasteiger charge is -1.96. The van der Waals surface area contributed by atoms with E-state index in [0.29, 0.717) is 11.6 Å². The highest BCUT2D eigenvalue weighted by atomic mass is 32.1. The summed E-state index contributed by atoms with van der Waals surface area (Å²) < 4.78 is 10.5.